The van der Waals surface area contributed by atoms with Gasteiger partial charge in [0.25, 0.3) is 5.91 Å². The molecule has 0 aliphatic heterocycles. The number of hydrogen-bond donors (Lipinski definition) is 1. The summed E-state index contributed by atoms with van der Waals surface area (Å²) >= 11 is 0. The topological polar surface area (TPSA) is 98.6 Å². The van der Waals surface area contributed by atoms with E-state index in [9.17, 15) is 10.1 Å². The van der Waals surface area contributed by atoms with Gasteiger partial charge in [0.05, 0.1) is 11.9 Å². The van der Waals surface area contributed by atoms with Crippen molar-refractivity contribution in [2.75, 3.05) is 14.1 Å². The summed E-state index contributed by atoms with van der Waals surface area (Å²) in [7, 11) is 3.24. The van der Waals surface area contributed by atoms with Crippen molar-refractivity contribution < 1.29 is 4.79 Å². The molecule has 0 radical (unpaired) electrons. The van der Waals surface area contributed by atoms with Crippen molar-refractivity contribution in [3.05, 3.63) is 72.5 Å². The average Bonchev–Trinajstić information content (AvgIpc) is 3.21. The van der Waals surface area contributed by atoms with Crippen LogP contribution in [0.25, 0.3) is 39.5 Å². The van der Waals surface area contributed by atoms with Crippen LogP contribution in [0.3, 0.4) is 0 Å². The van der Waals surface area contributed by atoms with Crippen LogP contribution in [0.4, 0.5) is 0 Å². The maximum absolute atomic E-state index is 12.1. The summed E-state index contributed by atoms with van der Waals surface area (Å²) in [5, 5.41) is 10.3. The highest BCUT2D eigenvalue weighted by Crippen LogP contribution is 2.30. The van der Waals surface area contributed by atoms with Crippen molar-refractivity contribution in [2.45, 2.75) is 0 Å². The summed E-state index contributed by atoms with van der Waals surface area (Å²) in [6.45, 7) is 0. The third-order valence-electron chi connectivity index (χ3n) is 4.66. The van der Waals surface area contributed by atoms with Crippen LogP contribution >= 0.6 is 0 Å². The van der Waals surface area contributed by atoms with E-state index in [0.717, 1.165) is 39.0 Å². The number of carbonyl (C=O) groups excluding carboxylic acids is 1. The Morgan fingerprint density at radius 2 is 2.00 bits per heavy atom. The molecule has 7 heteroatoms. The summed E-state index contributed by atoms with van der Waals surface area (Å²) in [5.41, 5.74) is 5.15. The van der Waals surface area contributed by atoms with Gasteiger partial charge in [0.1, 0.15) is 17.3 Å². The smallest absolute Gasteiger partial charge is 0.264 e. The predicted octanol–water partition coefficient (Wildman–Crippen LogP) is 3.68. The van der Waals surface area contributed by atoms with Gasteiger partial charge in [-0.25, -0.2) is 4.98 Å². The molecular weight excluding hydrogens is 376 g/mol. The standard InChI is InChI=1S/C23H18N6O/c1-29(2)23(30)17(11-24)9-15-4-3-5-16(8-15)18-10-19-20(13-28-22(19)27-12-18)21-14-25-6-7-26-21/h3-10,12-14H,1-2H3,(H,27,28). The molecule has 0 unspecified atom stereocenters. The first-order valence-corrected chi connectivity index (χ1v) is 9.24. The van der Waals surface area contributed by atoms with Crippen molar-refractivity contribution >= 4 is 23.0 Å². The molecule has 0 fully saturated rings. The van der Waals surface area contributed by atoms with Crippen molar-refractivity contribution in [2.24, 2.45) is 0 Å². The van der Waals surface area contributed by atoms with Gasteiger partial charge in [-0.05, 0) is 29.3 Å². The Kier molecular flexibility index (Phi) is 5.06. The minimum Gasteiger partial charge on any atom is -0.345 e. The number of benzene rings is 1. The van der Waals surface area contributed by atoms with Gasteiger partial charge in [0, 0.05) is 55.4 Å². The van der Waals surface area contributed by atoms with Crippen LogP contribution in [0.5, 0.6) is 0 Å². The number of nitriles is 1. The number of fused-ring (bicyclic) bond motifs is 1. The number of aromatic amines is 1. The molecule has 0 aliphatic carbocycles. The lowest BCUT2D eigenvalue weighted by Crippen LogP contribution is -2.22. The number of likely N-dealkylation sites (N-methyl/N-ethyl adjacent to an activating group) is 1. The molecule has 0 saturated heterocycles. The van der Waals surface area contributed by atoms with E-state index < -0.39 is 0 Å². The zero-order valence-electron chi connectivity index (χ0n) is 16.5. The van der Waals surface area contributed by atoms with E-state index in [1.54, 1.807) is 45.0 Å². The number of carbonyl (C=O) groups is 1. The van der Waals surface area contributed by atoms with Crippen LogP contribution in [0.1, 0.15) is 5.56 Å². The molecule has 1 amide bonds. The first kappa shape index (κ1) is 19.0. The Balaban J connectivity index is 1.76. The highest BCUT2D eigenvalue weighted by atomic mass is 16.2. The van der Waals surface area contributed by atoms with Gasteiger partial charge >= 0.3 is 0 Å². The molecule has 4 aromatic rings. The quantitative estimate of drug-likeness (QED) is 0.420. The van der Waals surface area contributed by atoms with Crippen molar-refractivity contribution in [3.8, 4) is 28.5 Å². The van der Waals surface area contributed by atoms with E-state index in [0.29, 0.717) is 0 Å². The van der Waals surface area contributed by atoms with Crippen LogP contribution in [-0.2, 0) is 4.79 Å². The van der Waals surface area contributed by atoms with Crippen LogP contribution in [0, 0.1) is 11.3 Å². The molecule has 0 atom stereocenters. The largest absolute Gasteiger partial charge is 0.345 e. The van der Waals surface area contributed by atoms with Crippen molar-refractivity contribution in [1.82, 2.24) is 24.8 Å². The molecule has 146 valence electrons. The van der Waals surface area contributed by atoms with Gasteiger partial charge in [-0.15, -0.1) is 0 Å². The number of amides is 1. The molecule has 3 heterocycles. The summed E-state index contributed by atoms with van der Waals surface area (Å²) in [5.74, 6) is -0.327. The van der Waals surface area contributed by atoms with Crippen LogP contribution in [-0.4, -0.2) is 44.8 Å². The zero-order valence-corrected chi connectivity index (χ0v) is 16.5. The number of nitrogens with zero attached hydrogens (tertiary/aromatic N) is 5. The fraction of sp³-hybridized carbons (Fsp3) is 0.0870. The maximum Gasteiger partial charge on any atom is 0.264 e. The molecule has 0 spiro atoms. The summed E-state index contributed by atoms with van der Waals surface area (Å²) in [4.78, 5) is 29.7. The molecule has 1 N–H and O–H groups in total. The minimum atomic E-state index is -0.327. The average molecular weight is 394 g/mol. The number of rotatable bonds is 4. The van der Waals surface area contributed by atoms with Crippen LogP contribution in [0.15, 0.2) is 66.9 Å². The molecular formula is C23H18N6O. The van der Waals surface area contributed by atoms with Crippen LogP contribution < -0.4 is 0 Å². The van der Waals surface area contributed by atoms with Gasteiger partial charge in [-0.3, -0.25) is 14.8 Å². The Morgan fingerprint density at radius 1 is 1.13 bits per heavy atom. The summed E-state index contributed by atoms with van der Waals surface area (Å²) in [6, 6.07) is 11.7. The van der Waals surface area contributed by atoms with Gasteiger partial charge in [0.15, 0.2) is 0 Å². The second-order valence-corrected chi connectivity index (χ2v) is 6.91. The number of H-pyrrole nitrogens is 1. The fourth-order valence-corrected chi connectivity index (χ4v) is 3.17. The number of pyridine rings is 1. The number of hydrogen-bond acceptors (Lipinski definition) is 5. The van der Waals surface area contributed by atoms with E-state index in [1.165, 1.54) is 4.90 Å². The Labute approximate surface area is 173 Å². The number of aromatic nitrogens is 4. The first-order valence-electron chi connectivity index (χ1n) is 9.24. The Hall–Kier alpha value is -4.31. The third-order valence-corrected chi connectivity index (χ3v) is 4.66. The van der Waals surface area contributed by atoms with Crippen molar-refractivity contribution in [1.29, 1.82) is 5.26 Å². The van der Waals surface area contributed by atoms with Crippen molar-refractivity contribution in [3.63, 3.8) is 0 Å². The summed E-state index contributed by atoms with van der Waals surface area (Å²) in [6.07, 6.45) is 10.3. The second kappa shape index (κ2) is 7.97. The molecule has 7 nitrogen and oxygen atoms in total. The summed E-state index contributed by atoms with van der Waals surface area (Å²) < 4.78 is 0. The predicted molar refractivity (Wildman–Crippen MR) is 115 cm³/mol. The lowest BCUT2D eigenvalue weighted by molar-refractivity contribution is -0.124. The Morgan fingerprint density at radius 3 is 2.73 bits per heavy atom. The molecule has 1 aromatic carbocycles. The normalized spacial score (nSPS) is 11.3. The molecule has 30 heavy (non-hydrogen) atoms. The third kappa shape index (κ3) is 3.66. The highest BCUT2D eigenvalue weighted by Gasteiger charge is 2.12. The monoisotopic (exact) mass is 394 g/mol. The SMILES string of the molecule is CN(C)C(=O)C(C#N)=Cc1cccc(-c2cnc3[nH]cc(-c4cnccn4)c3c2)c1. The molecule has 0 aliphatic rings. The minimum absolute atomic E-state index is 0.0845. The van der Waals surface area contributed by atoms with E-state index in [4.69, 9.17) is 0 Å². The fourth-order valence-electron chi connectivity index (χ4n) is 3.17. The van der Waals surface area contributed by atoms with Gasteiger partial charge in [0.2, 0.25) is 0 Å². The highest BCUT2D eigenvalue weighted by molar-refractivity contribution is 6.01. The molecule has 0 saturated carbocycles. The van der Waals surface area contributed by atoms with E-state index in [-0.39, 0.29) is 11.5 Å². The lowest BCUT2D eigenvalue weighted by Gasteiger charge is -2.09. The molecule has 0 bridgehead atoms. The first-order chi connectivity index (χ1) is 14.6. The number of nitrogens with one attached hydrogen (secondary N) is 1. The van der Waals surface area contributed by atoms with E-state index >= 15 is 0 Å². The lowest BCUT2D eigenvalue weighted by atomic mass is 10.0. The van der Waals surface area contributed by atoms with Gasteiger partial charge < -0.3 is 9.88 Å². The van der Waals surface area contributed by atoms with Gasteiger partial charge in [-0.1, -0.05) is 18.2 Å². The maximum atomic E-state index is 12.1. The van der Waals surface area contributed by atoms with Crippen LogP contribution in [0.2, 0.25) is 0 Å². The Bertz CT molecular complexity index is 1300. The molecule has 4 rings (SSSR count). The zero-order chi connectivity index (χ0) is 21.1. The molecule has 3 aromatic heterocycles. The second-order valence-electron chi connectivity index (χ2n) is 6.91. The van der Waals surface area contributed by atoms with Gasteiger partial charge in [-0.2, -0.15) is 5.26 Å². The van der Waals surface area contributed by atoms with E-state index in [2.05, 4.69) is 19.9 Å². The van der Waals surface area contributed by atoms with E-state index in [1.807, 2.05) is 42.6 Å².